The van der Waals surface area contributed by atoms with Gasteiger partial charge in [-0.05, 0) is 31.4 Å². The molecular formula is C13H19BrO3S. The third-order valence-corrected chi connectivity index (χ3v) is 4.21. The Bertz CT molecular complexity index is 466. The molecule has 0 spiro atoms. The van der Waals surface area contributed by atoms with Crippen molar-refractivity contribution in [2.24, 2.45) is 5.92 Å². The summed E-state index contributed by atoms with van der Waals surface area (Å²) < 4.78 is 28.9. The van der Waals surface area contributed by atoms with Crippen LogP contribution in [-0.4, -0.2) is 19.9 Å². The van der Waals surface area contributed by atoms with Gasteiger partial charge in [-0.25, -0.2) is 0 Å². The van der Waals surface area contributed by atoms with Crippen molar-refractivity contribution in [1.82, 2.24) is 0 Å². The van der Waals surface area contributed by atoms with Gasteiger partial charge in [-0.2, -0.15) is 8.42 Å². The van der Waals surface area contributed by atoms with Crippen molar-refractivity contribution in [2.45, 2.75) is 36.9 Å². The number of rotatable bonds is 6. The predicted molar refractivity (Wildman–Crippen MR) is 76.5 cm³/mol. The van der Waals surface area contributed by atoms with Gasteiger partial charge in [0, 0.05) is 4.83 Å². The molecule has 0 saturated heterocycles. The molecule has 0 radical (unpaired) electrons. The highest BCUT2D eigenvalue weighted by molar-refractivity contribution is 9.09. The van der Waals surface area contributed by atoms with E-state index in [1.165, 1.54) is 0 Å². The first-order valence-corrected chi connectivity index (χ1v) is 8.24. The fraction of sp³-hybridized carbons (Fsp3) is 0.538. The molecular weight excluding hydrogens is 316 g/mol. The molecule has 0 aromatic heterocycles. The van der Waals surface area contributed by atoms with Crippen molar-refractivity contribution in [3.05, 3.63) is 29.8 Å². The summed E-state index contributed by atoms with van der Waals surface area (Å²) in [6.07, 6.45) is 0.878. The van der Waals surface area contributed by atoms with E-state index in [0.29, 0.717) is 4.83 Å². The average molecular weight is 335 g/mol. The quantitative estimate of drug-likeness (QED) is 0.590. The smallest absolute Gasteiger partial charge is 0.266 e. The van der Waals surface area contributed by atoms with E-state index in [-0.39, 0.29) is 17.4 Å². The van der Waals surface area contributed by atoms with Gasteiger partial charge >= 0.3 is 0 Å². The van der Waals surface area contributed by atoms with Gasteiger partial charge in [0.2, 0.25) is 0 Å². The number of aryl methyl sites for hydroxylation is 1. The van der Waals surface area contributed by atoms with Crippen molar-refractivity contribution >= 4 is 26.0 Å². The molecule has 1 rings (SSSR count). The molecule has 0 N–H and O–H groups in total. The second kappa shape index (κ2) is 6.68. The molecule has 0 saturated carbocycles. The van der Waals surface area contributed by atoms with Crippen LogP contribution in [-0.2, 0) is 14.3 Å². The lowest BCUT2D eigenvalue weighted by atomic mass is 10.1. The summed E-state index contributed by atoms with van der Waals surface area (Å²) in [5.74, 6) is 0.194. The van der Waals surface area contributed by atoms with Gasteiger partial charge in [-0.3, -0.25) is 4.18 Å². The van der Waals surface area contributed by atoms with Gasteiger partial charge in [-0.15, -0.1) is 0 Å². The lowest BCUT2D eigenvalue weighted by molar-refractivity contribution is 0.258. The molecule has 0 bridgehead atoms. The van der Waals surface area contributed by atoms with Crippen molar-refractivity contribution in [1.29, 1.82) is 0 Å². The Morgan fingerprint density at radius 3 is 2.28 bits per heavy atom. The number of benzene rings is 1. The van der Waals surface area contributed by atoms with Crippen molar-refractivity contribution in [3.63, 3.8) is 0 Å². The largest absolute Gasteiger partial charge is 0.296 e. The lowest BCUT2D eigenvalue weighted by Crippen LogP contribution is -2.14. The molecule has 3 nitrogen and oxygen atoms in total. The maximum atomic E-state index is 11.9. The summed E-state index contributed by atoms with van der Waals surface area (Å²) in [5, 5.41) is 0. The van der Waals surface area contributed by atoms with E-state index in [4.69, 9.17) is 4.18 Å². The Balaban J connectivity index is 2.63. The Hall–Kier alpha value is -0.390. The summed E-state index contributed by atoms with van der Waals surface area (Å²) in [7, 11) is -3.62. The number of hydrogen-bond acceptors (Lipinski definition) is 3. The van der Waals surface area contributed by atoms with Crippen LogP contribution in [0.3, 0.4) is 0 Å². The number of hydrogen-bond donors (Lipinski definition) is 0. The van der Waals surface area contributed by atoms with Crippen LogP contribution in [0.15, 0.2) is 29.2 Å². The van der Waals surface area contributed by atoms with Crippen LogP contribution < -0.4 is 0 Å². The van der Waals surface area contributed by atoms with E-state index in [2.05, 4.69) is 15.9 Å². The second-order valence-corrected chi connectivity index (χ2v) is 7.85. The third-order valence-electron chi connectivity index (χ3n) is 2.54. The Labute approximate surface area is 118 Å². The second-order valence-electron chi connectivity index (χ2n) is 4.67. The highest BCUT2D eigenvalue weighted by Gasteiger charge is 2.17. The van der Waals surface area contributed by atoms with E-state index in [1.54, 1.807) is 24.3 Å². The van der Waals surface area contributed by atoms with Crippen LogP contribution in [0, 0.1) is 12.8 Å². The molecule has 18 heavy (non-hydrogen) atoms. The molecule has 0 fully saturated rings. The minimum absolute atomic E-state index is 0.194. The molecule has 1 aromatic carbocycles. The topological polar surface area (TPSA) is 43.4 Å². The van der Waals surface area contributed by atoms with Crippen LogP contribution in [0.4, 0.5) is 0 Å². The van der Waals surface area contributed by atoms with Gasteiger partial charge in [0.25, 0.3) is 10.1 Å². The van der Waals surface area contributed by atoms with Crippen molar-refractivity contribution in [3.8, 4) is 0 Å². The average Bonchev–Trinajstić information content (AvgIpc) is 2.26. The first-order chi connectivity index (χ1) is 8.31. The summed E-state index contributed by atoms with van der Waals surface area (Å²) >= 11 is 3.44. The van der Waals surface area contributed by atoms with E-state index in [1.807, 2.05) is 20.8 Å². The number of alkyl halides is 1. The zero-order chi connectivity index (χ0) is 13.8. The third kappa shape index (κ3) is 5.08. The highest BCUT2D eigenvalue weighted by Crippen LogP contribution is 2.17. The van der Waals surface area contributed by atoms with Crippen LogP contribution in [0.25, 0.3) is 0 Å². The molecule has 0 unspecified atom stereocenters. The van der Waals surface area contributed by atoms with Gasteiger partial charge in [-0.1, -0.05) is 47.5 Å². The van der Waals surface area contributed by atoms with E-state index >= 15 is 0 Å². The molecule has 0 aliphatic carbocycles. The lowest BCUT2D eigenvalue weighted by Gasteiger charge is -2.13. The molecule has 0 aliphatic rings. The molecule has 2 atom stereocenters. The molecule has 5 heteroatoms. The fourth-order valence-corrected chi connectivity index (χ4v) is 3.26. The first-order valence-electron chi connectivity index (χ1n) is 5.91. The fourth-order valence-electron chi connectivity index (χ4n) is 1.60. The Morgan fingerprint density at radius 2 is 1.78 bits per heavy atom. The van der Waals surface area contributed by atoms with Crippen LogP contribution >= 0.6 is 15.9 Å². The molecule has 102 valence electrons. The maximum Gasteiger partial charge on any atom is 0.296 e. The van der Waals surface area contributed by atoms with Gasteiger partial charge in [0.1, 0.15) is 0 Å². The predicted octanol–water partition coefficient (Wildman–Crippen LogP) is 3.51. The van der Waals surface area contributed by atoms with Crippen LogP contribution in [0.5, 0.6) is 0 Å². The summed E-state index contributed by atoms with van der Waals surface area (Å²) in [5.41, 5.74) is 1.02. The molecule has 0 heterocycles. The minimum atomic E-state index is -3.62. The minimum Gasteiger partial charge on any atom is -0.266 e. The van der Waals surface area contributed by atoms with E-state index < -0.39 is 10.1 Å². The van der Waals surface area contributed by atoms with E-state index in [0.717, 1.165) is 12.0 Å². The van der Waals surface area contributed by atoms with Gasteiger partial charge < -0.3 is 0 Å². The Kier molecular flexibility index (Phi) is 5.82. The number of halogens is 1. The zero-order valence-corrected chi connectivity index (χ0v) is 13.3. The van der Waals surface area contributed by atoms with E-state index in [9.17, 15) is 8.42 Å². The molecule has 0 amide bonds. The highest BCUT2D eigenvalue weighted by atomic mass is 79.9. The van der Waals surface area contributed by atoms with Crippen molar-refractivity contribution < 1.29 is 12.6 Å². The molecule has 0 aliphatic heterocycles. The SMILES string of the molecule is Cc1ccc(S(=O)(=O)OC[C@@H](C)C[C@H](C)Br)cc1. The van der Waals surface area contributed by atoms with Crippen molar-refractivity contribution in [2.75, 3.05) is 6.61 Å². The van der Waals surface area contributed by atoms with Crippen LogP contribution in [0.2, 0.25) is 0 Å². The van der Waals surface area contributed by atoms with Gasteiger partial charge in [0.05, 0.1) is 11.5 Å². The Morgan fingerprint density at radius 1 is 1.22 bits per heavy atom. The van der Waals surface area contributed by atoms with Crippen LogP contribution in [0.1, 0.15) is 25.8 Å². The standard InChI is InChI=1S/C13H19BrO3S/c1-10-4-6-13(7-5-10)18(15,16)17-9-11(2)8-12(3)14/h4-7,11-12H,8-9H2,1-3H3/t11-,12-/m0/s1. The molecule has 1 aromatic rings. The first kappa shape index (κ1) is 15.7. The maximum absolute atomic E-state index is 11.9. The monoisotopic (exact) mass is 334 g/mol. The summed E-state index contributed by atoms with van der Waals surface area (Å²) in [4.78, 5) is 0.574. The van der Waals surface area contributed by atoms with Gasteiger partial charge in [0.15, 0.2) is 0 Å². The zero-order valence-electron chi connectivity index (χ0n) is 10.9. The summed E-state index contributed by atoms with van der Waals surface area (Å²) in [6.45, 7) is 6.14. The summed E-state index contributed by atoms with van der Waals surface area (Å²) in [6, 6.07) is 6.67. The normalized spacial score (nSPS) is 15.3.